The van der Waals surface area contributed by atoms with Crippen LogP contribution in [0.2, 0.25) is 0 Å². The molecule has 330 valence electrons. The molecule has 1 fully saturated rings. The van der Waals surface area contributed by atoms with Crippen molar-refractivity contribution in [3.8, 4) is 11.5 Å². The van der Waals surface area contributed by atoms with Crippen LogP contribution in [0.3, 0.4) is 0 Å². The van der Waals surface area contributed by atoms with Crippen molar-refractivity contribution in [2.75, 3.05) is 38.1 Å². The van der Waals surface area contributed by atoms with Gasteiger partial charge in [-0.3, -0.25) is 34.4 Å². The van der Waals surface area contributed by atoms with Gasteiger partial charge in [-0.05, 0) is 110 Å². The Kier molecular flexibility index (Phi) is 15.2. The first kappa shape index (κ1) is 45.8. The number of piperidine rings is 1. The SMILES string of the molecule is C=C(c1cc(C(C)C)c(O)cc1O)N(C(=NC)C(=O)NCC)c1ccc(CN2CCC(C(=O)N(CCc3c(C)[nH]c4ccccc34)Cc3ccc(/C=C/C(=O)NO)cc3)CC2)cc1. The summed E-state index contributed by atoms with van der Waals surface area (Å²) in [6, 6.07) is 26.8. The number of likely N-dealkylation sites (tertiary alicyclic amines) is 1. The van der Waals surface area contributed by atoms with Crippen molar-refractivity contribution >= 4 is 51.9 Å². The zero-order valence-corrected chi connectivity index (χ0v) is 36.8. The van der Waals surface area contributed by atoms with Crippen LogP contribution in [0.1, 0.15) is 78.6 Å². The van der Waals surface area contributed by atoms with Gasteiger partial charge in [0.25, 0.3) is 11.8 Å². The number of aliphatic imine (C=N–C) groups is 1. The molecule has 0 spiro atoms. The third-order valence-electron chi connectivity index (χ3n) is 11.7. The highest BCUT2D eigenvalue weighted by molar-refractivity contribution is 6.45. The summed E-state index contributed by atoms with van der Waals surface area (Å²) in [4.78, 5) is 53.0. The topological polar surface area (TPSA) is 174 Å². The molecule has 2 heterocycles. The van der Waals surface area contributed by atoms with Crippen LogP contribution in [0, 0.1) is 12.8 Å². The minimum Gasteiger partial charge on any atom is -0.508 e. The quantitative estimate of drug-likeness (QED) is 0.0205. The largest absolute Gasteiger partial charge is 0.508 e. The lowest BCUT2D eigenvalue weighted by atomic mass is 9.94. The molecule has 0 radical (unpaired) electrons. The number of para-hydroxylation sites is 1. The van der Waals surface area contributed by atoms with Gasteiger partial charge in [0.2, 0.25) is 5.91 Å². The second-order valence-corrected chi connectivity index (χ2v) is 16.3. The Morgan fingerprint density at radius 3 is 2.30 bits per heavy atom. The number of benzene rings is 4. The molecule has 13 nitrogen and oxygen atoms in total. The number of amidine groups is 1. The molecule has 1 aliphatic heterocycles. The smallest absolute Gasteiger partial charge is 0.287 e. The summed E-state index contributed by atoms with van der Waals surface area (Å²) in [5.41, 5.74) is 9.78. The molecule has 1 saturated heterocycles. The number of phenolic OH excluding ortho intramolecular Hbond substituents is 2. The first-order valence-electron chi connectivity index (χ1n) is 21.5. The molecule has 0 aliphatic carbocycles. The summed E-state index contributed by atoms with van der Waals surface area (Å²) in [5.74, 6) is -1.10. The fourth-order valence-corrected chi connectivity index (χ4v) is 8.30. The predicted molar refractivity (Wildman–Crippen MR) is 249 cm³/mol. The van der Waals surface area contributed by atoms with E-state index in [4.69, 9.17) is 5.21 Å². The van der Waals surface area contributed by atoms with E-state index in [1.807, 2.05) is 86.3 Å². The van der Waals surface area contributed by atoms with Gasteiger partial charge >= 0.3 is 0 Å². The fraction of sp³-hybridized carbons (Fsp3) is 0.320. The third-order valence-corrected chi connectivity index (χ3v) is 11.7. The number of fused-ring (bicyclic) bond motifs is 1. The van der Waals surface area contributed by atoms with E-state index in [0.29, 0.717) is 55.1 Å². The average molecular weight is 854 g/mol. The maximum Gasteiger partial charge on any atom is 0.287 e. The lowest BCUT2D eigenvalue weighted by Crippen LogP contribution is -2.43. The number of likely N-dealkylation sites (N-methyl/N-ethyl adjacent to an activating group) is 1. The summed E-state index contributed by atoms with van der Waals surface area (Å²) < 4.78 is 0. The second-order valence-electron chi connectivity index (χ2n) is 16.3. The predicted octanol–water partition coefficient (Wildman–Crippen LogP) is 7.65. The number of aromatic amines is 1. The van der Waals surface area contributed by atoms with Crippen molar-refractivity contribution in [2.45, 2.75) is 66.0 Å². The second kappa shape index (κ2) is 20.9. The fourth-order valence-electron chi connectivity index (χ4n) is 8.30. The van der Waals surface area contributed by atoms with Crippen LogP contribution >= 0.6 is 0 Å². The lowest BCUT2D eigenvalue weighted by Gasteiger charge is -2.34. The van der Waals surface area contributed by atoms with E-state index in [-0.39, 0.29) is 35.1 Å². The van der Waals surface area contributed by atoms with Crippen LogP contribution < -0.4 is 15.7 Å². The molecule has 0 saturated carbocycles. The van der Waals surface area contributed by atoms with E-state index in [1.54, 1.807) is 22.5 Å². The highest BCUT2D eigenvalue weighted by Crippen LogP contribution is 2.38. The van der Waals surface area contributed by atoms with Crippen LogP contribution in [0.25, 0.3) is 22.7 Å². The number of nitrogens with one attached hydrogen (secondary N) is 3. The van der Waals surface area contributed by atoms with E-state index in [1.165, 1.54) is 30.1 Å². The molecule has 4 aromatic carbocycles. The molecule has 1 aliphatic rings. The van der Waals surface area contributed by atoms with E-state index in [2.05, 4.69) is 45.8 Å². The van der Waals surface area contributed by atoms with Gasteiger partial charge in [0, 0.05) is 79.1 Å². The number of aryl methyl sites for hydroxylation is 1. The average Bonchev–Trinajstić information content (AvgIpc) is 3.60. The van der Waals surface area contributed by atoms with Crippen LogP contribution in [0.5, 0.6) is 11.5 Å². The molecule has 13 heteroatoms. The standard InChI is InChI=1S/C50H59N7O6/c1-7-52-49(61)48(51-6)57(34(5)43-28-42(32(2)3)45(58)29-46(43)59)39-19-16-36(17-20-39)30-55-25-22-38(23-26-55)50(62)56(27-24-40-33(4)53-44-11-9-8-10-41(40)44)31-37-14-12-35(13-15-37)18-21-47(60)54-63/h8-21,28-29,32,38,53,58-59,63H,5,7,22-27,30-31H2,1-4,6H3,(H,52,61)(H,54,60)/b21-18+,51-48?. The molecule has 3 amide bonds. The molecular weight excluding hydrogens is 795 g/mol. The molecule has 0 atom stereocenters. The molecule has 0 bridgehead atoms. The van der Waals surface area contributed by atoms with Gasteiger partial charge in [0.15, 0.2) is 5.84 Å². The van der Waals surface area contributed by atoms with Gasteiger partial charge in [-0.2, -0.15) is 0 Å². The Labute approximate surface area is 369 Å². The van der Waals surface area contributed by atoms with Gasteiger partial charge in [-0.1, -0.05) is 75.0 Å². The summed E-state index contributed by atoms with van der Waals surface area (Å²) >= 11 is 0. The van der Waals surface area contributed by atoms with Crippen molar-refractivity contribution in [2.24, 2.45) is 10.9 Å². The number of phenols is 2. The zero-order chi connectivity index (χ0) is 45.2. The van der Waals surface area contributed by atoms with Crippen molar-refractivity contribution < 1.29 is 29.8 Å². The Morgan fingerprint density at radius 2 is 1.65 bits per heavy atom. The molecule has 1 aromatic heterocycles. The van der Waals surface area contributed by atoms with E-state index < -0.39 is 11.8 Å². The Balaban J connectivity index is 1.15. The maximum atomic E-state index is 14.4. The number of rotatable bonds is 15. The number of anilines is 1. The molecule has 5 aromatic rings. The summed E-state index contributed by atoms with van der Waals surface area (Å²) in [5, 5.41) is 34.3. The minimum atomic E-state index is -0.609. The monoisotopic (exact) mass is 853 g/mol. The van der Waals surface area contributed by atoms with Crippen LogP contribution in [0.4, 0.5) is 5.69 Å². The normalized spacial score (nSPS) is 13.7. The van der Waals surface area contributed by atoms with Crippen LogP contribution in [-0.2, 0) is 33.9 Å². The molecule has 63 heavy (non-hydrogen) atoms. The van der Waals surface area contributed by atoms with Crippen LogP contribution in [-0.4, -0.2) is 87.0 Å². The molecule has 0 unspecified atom stereocenters. The number of hydroxylamine groups is 1. The zero-order valence-electron chi connectivity index (χ0n) is 36.8. The Hall–Kier alpha value is -6.70. The number of nitrogens with zero attached hydrogens (tertiary/aromatic N) is 4. The van der Waals surface area contributed by atoms with Crippen LogP contribution in [0.15, 0.2) is 103 Å². The number of aromatic nitrogens is 1. The number of carbonyl (C=O) groups excluding carboxylic acids is 3. The number of aromatic hydroxyl groups is 2. The number of hydrogen-bond donors (Lipinski definition) is 6. The summed E-state index contributed by atoms with van der Waals surface area (Å²) in [7, 11) is 1.54. The van der Waals surface area contributed by atoms with Gasteiger partial charge in [0.05, 0.1) is 5.70 Å². The van der Waals surface area contributed by atoms with Crippen molar-refractivity contribution in [1.82, 2.24) is 25.6 Å². The number of H-pyrrole nitrogens is 1. The van der Waals surface area contributed by atoms with E-state index in [0.717, 1.165) is 53.8 Å². The number of carbonyl (C=O) groups is 3. The lowest BCUT2D eigenvalue weighted by molar-refractivity contribution is -0.137. The highest BCUT2D eigenvalue weighted by atomic mass is 16.5. The Bertz CT molecular complexity index is 2480. The third kappa shape index (κ3) is 11.0. The molecule has 6 N–H and O–H groups in total. The van der Waals surface area contributed by atoms with E-state index in [9.17, 15) is 24.6 Å². The van der Waals surface area contributed by atoms with Crippen molar-refractivity contribution in [3.05, 3.63) is 137 Å². The van der Waals surface area contributed by atoms with Gasteiger partial charge in [-0.25, -0.2) is 5.48 Å². The molecule has 6 rings (SSSR count). The van der Waals surface area contributed by atoms with Gasteiger partial charge < -0.3 is 25.4 Å². The van der Waals surface area contributed by atoms with Gasteiger partial charge in [-0.15, -0.1) is 0 Å². The van der Waals surface area contributed by atoms with Gasteiger partial charge in [0.1, 0.15) is 11.5 Å². The van der Waals surface area contributed by atoms with Crippen molar-refractivity contribution in [3.63, 3.8) is 0 Å². The highest BCUT2D eigenvalue weighted by Gasteiger charge is 2.30. The first-order valence-corrected chi connectivity index (χ1v) is 21.5. The first-order chi connectivity index (χ1) is 30.3. The molecular formula is C50H59N7O6. The number of amides is 3. The summed E-state index contributed by atoms with van der Waals surface area (Å²) in [6.45, 7) is 15.7. The van der Waals surface area contributed by atoms with E-state index >= 15 is 0 Å². The van der Waals surface area contributed by atoms with Crippen molar-refractivity contribution in [1.29, 1.82) is 0 Å². The maximum absolute atomic E-state index is 14.4. The Morgan fingerprint density at radius 1 is 0.968 bits per heavy atom. The summed E-state index contributed by atoms with van der Waals surface area (Å²) in [6.07, 6.45) is 5.03. The minimum absolute atomic E-state index is 0.0179. The number of hydrogen-bond acceptors (Lipinski definition) is 8.